The maximum Gasteiger partial charge on any atom is 0.270 e. The van der Waals surface area contributed by atoms with Crippen LogP contribution in [0.2, 0.25) is 0 Å². The SMILES string of the molecule is COc1cc(OC)cc(C(NC(=O)C=Cc2cc([N+](=O)[O-])cc3c2OCOC3)c2nccn2C)c1. The van der Waals surface area contributed by atoms with E-state index in [2.05, 4.69) is 10.3 Å². The lowest BCUT2D eigenvalue weighted by atomic mass is 10.0. The Morgan fingerprint density at radius 2 is 1.97 bits per heavy atom. The van der Waals surface area contributed by atoms with Gasteiger partial charge >= 0.3 is 0 Å². The Morgan fingerprint density at radius 1 is 1.23 bits per heavy atom. The third kappa shape index (κ3) is 5.25. The summed E-state index contributed by atoms with van der Waals surface area (Å²) in [6.07, 6.45) is 6.19. The van der Waals surface area contributed by atoms with Crippen molar-refractivity contribution >= 4 is 17.7 Å². The van der Waals surface area contributed by atoms with Gasteiger partial charge in [-0.3, -0.25) is 14.9 Å². The van der Waals surface area contributed by atoms with Crippen LogP contribution in [-0.2, 0) is 23.2 Å². The smallest absolute Gasteiger partial charge is 0.270 e. The van der Waals surface area contributed by atoms with E-state index >= 15 is 0 Å². The third-order valence-corrected chi connectivity index (χ3v) is 5.46. The van der Waals surface area contributed by atoms with Gasteiger partial charge in [0.05, 0.1) is 25.7 Å². The Kier molecular flexibility index (Phi) is 6.97. The van der Waals surface area contributed by atoms with Crippen molar-refractivity contribution in [3.63, 3.8) is 0 Å². The number of nitro groups is 1. The van der Waals surface area contributed by atoms with Crippen molar-refractivity contribution in [1.29, 1.82) is 0 Å². The molecule has 2 aromatic carbocycles. The summed E-state index contributed by atoms with van der Waals surface area (Å²) >= 11 is 0. The van der Waals surface area contributed by atoms with Crippen molar-refractivity contribution in [2.24, 2.45) is 7.05 Å². The number of non-ortho nitro benzene ring substituents is 1. The molecule has 1 unspecified atom stereocenters. The molecule has 11 heteroatoms. The molecule has 2 heterocycles. The number of carbonyl (C=O) groups is 1. The second kappa shape index (κ2) is 10.3. The Balaban J connectivity index is 1.66. The number of methoxy groups -OCH3 is 2. The van der Waals surface area contributed by atoms with Gasteiger partial charge in [-0.2, -0.15) is 0 Å². The molecular weight excluding hydrogens is 456 g/mol. The van der Waals surface area contributed by atoms with Crippen LogP contribution < -0.4 is 19.5 Å². The molecule has 0 aliphatic carbocycles. The predicted octanol–water partition coefficient (Wildman–Crippen LogP) is 3.13. The summed E-state index contributed by atoms with van der Waals surface area (Å²) in [4.78, 5) is 28.2. The first-order valence-corrected chi connectivity index (χ1v) is 10.6. The molecule has 0 spiro atoms. The van der Waals surface area contributed by atoms with E-state index in [4.69, 9.17) is 18.9 Å². The number of rotatable bonds is 8. The van der Waals surface area contributed by atoms with Gasteiger partial charge in [0, 0.05) is 54.8 Å². The minimum atomic E-state index is -0.625. The average Bonchev–Trinajstić information content (AvgIpc) is 3.30. The van der Waals surface area contributed by atoms with E-state index < -0.39 is 16.9 Å². The fourth-order valence-corrected chi connectivity index (χ4v) is 3.76. The first kappa shape index (κ1) is 23.8. The molecule has 0 radical (unpaired) electrons. The van der Waals surface area contributed by atoms with Gasteiger partial charge in [-0.15, -0.1) is 0 Å². The van der Waals surface area contributed by atoms with E-state index in [0.717, 1.165) is 0 Å². The van der Waals surface area contributed by atoms with Gasteiger partial charge in [0.2, 0.25) is 5.91 Å². The lowest BCUT2D eigenvalue weighted by Crippen LogP contribution is -2.29. The van der Waals surface area contributed by atoms with Gasteiger partial charge in [-0.25, -0.2) is 4.98 Å². The minimum absolute atomic E-state index is 0.0246. The van der Waals surface area contributed by atoms with Crippen molar-refractivity contribution in [1.82, 2.24) is 14.9 Å². The Hall–Kier alpha value is -4.38. The molecular formula is C24H24N4O7. The highest BCUT2D eigenvalue weighted by Crippen LogP contribution is 2.34. The molecule has 3 aromatic rings. The molecule has 0 bridgehead atoms. The first-order valence-electron chi connectivity index (χ1n) is 10.6. The van der Waals surface area contributed by atoms with Crippen molar-refractivity contribution in [3.05, 3.63) is 81.4 Å². The molecule has 4 rings (SSSR count). The number of imidazole rings is 1. The normalized spacial score (nSPS) is 13.6. The summed E-state index contributed by atoms with van der Waals surface area (Å²) < 4.78 is 23.3. The zero-order chi connectivity index (χ0) is 24.9. The number of aryl methyl sites for hydroxylation is 1. The number of nitrogens with one attached hydrogen (secondary N) is 1. The molecule has 1 N–H and O–H groups in total. The second-order valence-corrected chi connectivity index (χ2v) is 7.71. The first-order chi connectivity index (χ1) is 16.9. The van der Waals surface area contributed by atoms with Crippen LogP contribution in [0.5, 0.6) is 17.2 Å². The number of amides is 1. The minimum Gasteiger partial charge on any atom is -0.497 e. The number of nitro benzene ring substituents is 1. The van der Waals surface area contributed by atoms with Gasteiger partial charge < -0.3 is 28.8 Å². The zero-order valence-electron chi connectivity index (χ0n) is 19.4. The summed E-state index contributed by atoms with van der Waals surface area (Å²) in [6, 6.07) is 7.44. The lowest BCUT2D eigenvalue weighted by Gasteiger charge is -2.20. The molecule has 1 aliphatic heterocycles. The number of hydrogen-bond acceptors (Lipinski definition) is 8. The van der Waals surface area contributed by atoms with Gasteiger partial charge in [-0.1, -0.05) is 0 Å². The summed E-state index contributed by atoms with van der Waals surface area (Å²) in [5.41, 5.74) is 1.53. The number of ether oxygens (including phenoxy) is 4. The summed E-state index contributed by atoms with van der Waals surface area (Å²) in [5, 5.41) is 14.3. The van der Waals surface area contributed by atoms with Crippen molar-refractivity contribution in [2.75, 3.05) is 21.0 Å². The summed E-state index contributed by atoms with van der Waals surface area (Å²) in [7, 11) is 4.91. The maximum atomic E-state index is 13.0. The monoisotopic (exact) mass is 480 g/mol. The molecule has 0 saturated carbocycles. The van der Waals surface area contributed by atoms with E-state index in [9.17, 15) is 14.9 Å². The zero-order valence-corrected chi connectivity index (χ0v) is 19.4. The number of aromatic nitrogens is 2. The van der Waals surface area contributed by atoms with Crippen LogP contribution in [0.15, 0.2) is 48.8 Å². The highest BCUT2D eigenvalue weighted by molar-refractivity contribution is 5.92. The quantitative estimate of drug-likeness (QED) is 0.296. The summed E-state index contributed by atoms with van der Waals surface area (Å²) in [5.74, 6) is 1.73. The van der Waals surface area contributed by atoms with Crippen LogP contribution in [0, 0.1) is 10.1 Å². The molecule has 1 aromatic heterocycles. The second-order valence-electron chi connectivity index (χ2n) is 7.71. The van der Waals surface area contributed by atoms with E-state index in [1.54, 1.807) is 49.4 Å². The van der Waals surface area contributed by atoms with Gasteiger partial charge in [0.15, 0.2) is 6.79 Å². The molecule has 0 saturated heterocycles. The fraction of sp³-hybridized carbons (Fsp3) is 0.250. The number of carbonyl (C=O) groups excluding carboxylic acids is 1. The van der Waals surface area contributed by atoms with E-state index in [-0.39, 0.29) is 19.1 Å². The van der Waals surface area contributed by atoms with Gasteiger partial charge in [0.25, 0.3) is 5.69 Å². The molecule has 1 amide bonds. The average molecular weight is 480 g/mol. The number of benzene rings is 2. The molecule has 182 valence electrons. The fourth-order valence-electron chi connectivity index (χ4n) is 3.76. The Bertz CT molecular complexity index is 1260. The van der Waals surface area contributed by atoms with Crippen LogP contribution >= 0.6 is 0 Å². The molecule has 1 atom stereocenters. The number of fused-ring (bicyclic) bond motifs is 1. The van der Waals surface area contributed by atoms with E-state index in [0.29, 0.717) is 39.8 Å². The standard InChI is InChI=1S/C24H24N4O7/c1-27-7-6-25-24(27)22(16-10-19(32-2)12-20(11-16)33-3)26-21(29)5-4-15-8-18(28(30)31)9-17-13-34-14-35-23(15)17/h4-12,22H,13-14H2,1-3H3,(H,26,29). The largest absolute Gasteiger partial charge is 0.497 e. The van der Waals surface area contributed by atoms with Crippen LogP contribution in [-0.4, -0.2) is 41.4 Å². The Morgan fingerprint density at radius 3 is 2.60 bits per heavy atom. The molecule has 11 nitrogen and oxygen atoms in total. The highest BCUT2D eigenvalue weighted by Gasteiger charge is 2.23. The van der Waals surface area contributed by atoms with Gasteiger partial charge in [0.1, 0.15) is 29.1 Å². The Labute approximate surface area is 201 Å². The van der Waals surface area contributed by atoms with Crippen molar-refractivity contribution in [2.45, 2.75) is 12.6 Å². The highest BCUT2D eigenvalue weighted by atomic mass is 16.7. The van der Waals surface area contributed by atoms with Crippen molar-refractivity contribution in [3.8, 4) is 17.2 Å². The van der Waals surface area contributed by atoms with Crippen LogP contribution in [0.3, 0.4) is 0 Å². The van der Waals surface area contributed by atoms with E-state index in [1.807, 2.05) is 7.05 Å². The maximum absolute atomic E-state index is 13.0. The van der Waals surface area contributed by atoms with Crippen LogP contribution in [0.4, 0.5) is 5.69 Å². The molecule has 35 heavy (non-hydrogen) atoms. The van der Waals surface area contributed by atoms with Crippen LogP contribution in [0.25, 0.3) is 6.08 Å². The lowest BCUT2D eigenvalue weighted by molar-refractivity contribution is -0.385. The van der Waals surface area contributed by atoms with E-state index in [1.165, 1.54) is 24.3 Å². The molecule has 0 fully saturated rings. The summed E-state index contributed by atoms with van der Waals surface area (Å²) in [6.45, 7) is 0.208. The number of nitrogens with zero attached hydrogens (tertiary/aromatic N) is 3. The van der Waals surface area contributed by atoms with Crippen molar-refractivity contribution < 1.29 is 28.7 Å². The molecule has 1 aliphatic rings. The predicted molar refractivity (Wildman–Crippen MR) is 125 cm³/mol. The third-order valence-electron chi connectivity index (χ3n) is 5.46. The van der Waals surface area contributed by atoms with Gasteiger partial charge in [-0.05, 0) is 23.8 Å². The number of hydrogen-bond donors (Lipinski definition) is 1. The van der Waals surface area contributed by atoms with Crippen LogP contribution in [0.1, 0.15) is 28.6 Å². The topological polar surface area (TPSA) is 127 Å².